The average molecular weight is 369 g/mol. The molecule has 0 saturated heterocycles. The van der Waals surface area contributed by atoms with Gasteiger partial charge in [0.25, 0.3) is 5.91 Å². The smallest absolute Gasteiger partial charge is 0.286 e. The molecule has 1 amide bonds. The lowest BCUT2D eigenvalue weighted by Gasteiger charge is -2.36. The van der Waals surface area contributed by atoms with Crippen LogP contribution in [0.4, 0.5) is 0 Å². The second kappa shape index (κ2) is 10.6. The number of rotatable bonds is 10. The SMILES string of the molecule is CCO[C@@H]1OC(C(=O)NCCOC)=C[C@H](c2ccsc2)[C@@H]1CCCO. The first-order valence-electron chi connectivity index (χ1n) is 8.61. The lowest BCUT2D eigenvalue weighted by Crippen LogP contribution is -2.39. The highest BCUT2D eigenvalue weighted by Crippen LogP contribution is 2.39. The van der Waals surface area contributed by atoms with Crippen LogP contribution in [0.5, 0.6) is 0 Å². The number of ether oxygens (including phenoxy) is 3. The molecule has 0 spiro atoms. The van der Waals surface area contributed by atoms with E-state index in [1.807, 2.05) is 18.4 Å². The van der Waals surface area contributed by atoms with Crippen LogP contribution in [-0.2, 0) is 19.0 Å². The number of carbonyl (C=O) groups excluding carboxylic acids is 1. The number of hydrogen-bond donors (Lipinski definition) is 2. The third-order valence-corrected chi connectivity index (χ3v) is 4.86. The summed E-state index contributed by atoms with van der Waals surface area (Å²) >= 11 is 1.62. The molecule has 6 nitrogen and oxygen atoms in total. The molecule has 1 aromatic rings. The fourth-order valence-corrected chi connectivity index (χ4v) is 3.67. The van der Waals surface area contributed by atoms with E-state index in [0.29, 0.717) is 26.2 Å². The van der Waals surface area contributed by atoms with E-state index in [9.17, 15) is 9.90 Å². The molecule has 0 aliphatic carbocycles. The molecule has 2 N–H and O–H groups in total. The summed E-state index contributed by atoms with van der Waals surface area (Å²) in [6.45, 7) is 3.39. The Morgan fingerprint density at radius 1 is 1.48 bits per heavy atom. The first kappa shape index (κ1) is 19.9. The van der Waals surface area contributed by atoms with Crippen LogP contribution in [0.1, 0.15) is 31.2 Å². The van der Waals surface area contributed by atoms with Gasteiger partial charge in [-0.25, -0.2) is 0 Å². The van der Waals surface area contributed by atoms with E-state index in [2.05, 4.69) is 16.8 Å². The van der Waals surface area contributed by atoms with Gasteiger partial charge in [0.05, 0.1) is 6.61 Å². The summed E-state index contributed by atoms with van der Waals surface area (Å²) in [5.41, 5.74) is 1.14. The quantitative estimate of drug-likeness (QED) is 0.619. The molecule has 0 saturated carbocycles. The third kappa shape index (κ3) is 5.54. The van der Waals surface area contributed by atoms with Crippen molar-refractivity contribution in [1.29, 1.82) is 0 Å². The maximum absolute atomic E-state index is 12.4. The summed E-state index contributed by atoms with van der Waals surface area (Å²) in [5.74, 6) is 0.0945. The zero-order valence-electron chi connectivity index (χ0n) is 14.8. The largest absolute Gasteiger partial charge is 0.459 e. The van der Waals surface area contributed by atoms with Crippen LogP contribution < -0.4 is 5.32 Å². The maximum atomic E-state index is 12.4. The Labute approximate surface area is 152 Å². The van der Waals surface area contributed by atoms with Crippen molar-refractivity contribution in [3.05, 3.63) is 34.2 Å². The Bertz CT molecular complexity index is 546. The standard InChI is InChI=1S/C18H27NO5S/c1-3-23-18-14(5-4-8-20)15(13-6-10-25-12-13)11-16(24-18)17(21)19-7-9-22-2/h6,10-12,14-15,18,20H,3-5,7-9H2,1-2H3,(H,19,21)/t14-,15+,18+/m0/s1. The molecule has 0 unspecified atom stereocenters. The van der Waals surface area contributed by atoms with Crippen LogP contribution in [-0.4, -0.2) is 50.8 Å². The van der Waals surface area contributed by atoms with Crippen LogP contribution in [0.15, 0.2) is 28.7 Å². The van der Waals surface area contributed by atoms with E-state index in [0.717, 1.165) is 12.0 Å². The Hall–Kier alpha value is -1.41. The number of allylic oxidation sites excluding steroid dienone is 1. The molecule has 3 atom stereocenters. The zero-order valence-corrected chi connectivity index (χ0v) is 15.6. The highest BCUT2D eigenvalue weighted by atomic mass is 32.1. The third-order valence-electron chi connectivity index (χ3n) is 4.16. The number of carbonyl (C=O) groups is 1. The fourth-order valence-electron chi connectivity index (χ4n) is 2.96. The first-order chi connectivity index (χ1) is 12.2. The number of thiophene rings is 1. The first-order valence-corrected chi connectivity index (χ1v) is 9.55. The van der Waals surface area contributed by atoms with Gasteiger partial charge in [-0.2, -0.15) is 11.3 Å². The predicted octanol–water partition coefficient (Wildman–Crippen LogP) is 2.26. The van der Waals surface area contributed by atoms with Gasteiger partial charge in [0.2, 0.25) is 6.29 Å². The topological polar surface area (TPSA) is 77.0 Å². The molecule has 1 aliphatic heterocycles. The molecule has 7 heteroatoms. The van der Waals surface area contributed by atoms with Crippen LogP contribution in [0.3, 0.4) is 0 Å². The van der Waals surface area contributed by atoms with Gasteiger partial charge in [-0.05, 0) is 48.2 Å². The highest BCUT2D eigenvalue weighted by molar-refractivity contribution is 7.08. The summed E-state index contributed by atoms with van der Waals surface area (Å²) in [4.78, 5) is 12.4. The number of amides is 1. The van der Waals surface area contributed by atoms with Crippen molar-refractivity contribution >= 4 is 17.2 Å². The molecular weight excluding hydrogens is 342 g/mol. The Morgan fingerprint density at radius 3 is 2.96 bits per heavy atom. The summed E-state index contributed by atoms with van der Waals surface area (Å²) in [6, 6.07) is 2.06. The van der Waals surface area contributed by atoms with Gasteiger partial charge in [-0.1, -0.05) is 0 Å². The van der Waals surface area contributed by atoms with E-state index in [-0.39, 0.29) is 30.1 Å². The van der Waals surface area contributed by atoms with E-state index in [1.54, 1.807) is 18.4 Å². The number of nitrogens with one attached hydrogen (secondary N) is 1. The minimum absolute atomic E-state index is 0.0197. The van der Waals surface area contributed by atoms with Gasteiger partial charge >= 0.3 is 0 Å². The molecule has 0 bridgehead atoms. The summed E-state index contributed by atoms with van der Waals surface area (Å²) < 4.78 is 16.6. The molecule has 2 rings (SSSR count). The van der Waals surface area contributed by atoms with Crippen molar-refractivity contribution in [3.63, 3.8) is 0 Å². The molecule has 0 fully saturated rings. The fraction of sp³-hybridized carbons (Fsp3) is 0.611. The van der Waals surface area contributed by atoms with E-state index < -0.39 is 6.29 Å². The second-order valence-corrected chi connectivity index (χ2v) is 6.61. The van der Waals surface area contributed by atoms with Crippen LogP contribution in [0, 0.1) is 5.92 Å². The minimum atomic E-state index is -0.505. The molecule has 140 valence electrons. The van der Waals surface area contributed by atoms with Gasteiger partial charge in [-0.3, -0.25) is 4.79 Å². The number of hydrogen-bond acceptors (Lipinski definition) is 6. The Balaban J connectivity index is 2.23. The van der Waals surface area contributed by atoms with Crippen molar-refractivity contribution in [2.75, 3.05) is 33.5 Å². The lowest BCUT2D eigenvalue weighted by atomic mass is 9.81. The molecule has 0 aromatic carbocycles. The van der Waals surface area contributed by atoms with Gasteiger partial charge in [0, 0.05) is 38.7 Å². The van der Waals surface area contributed by atoms with Crippen molar-refractivity contribution in [1.82, 2.24) is 5.32 Å². The average Bonchev–Trinajstić information content (AvgIpc) is 3.15. The van der Waals surface area contributed by atoms with E-state index in [4.69, 9.17) is 14.2 Å². The molecule has 25 heavy (non-hydrogen) atoms. The number of aliphatic hydroxyl groups excluding tert-OH is 1. The van der Waals surface area contributed by atoms with Crippen molar-refractivity contribution in [3.8, 4) is 0 Å². The van der Waals surface area contributed by atoms with E-state index >= 15 is 0 Å². The monoisotopic (exact) mass is 369 g/mol. The normalized spacial score (nSPS) is 23.0. The van der Waals surface area contributed by atoms with Gasteiger partial charge in [0.15, 0.2) is 5.76 Å². The zero-order chi connectivity index (χ0) is 18.1. The summed E-state index contributed by atoms with van der Waals surface area (Å²) in [5, 5.41) is 16.1. The highest BCUT2D eigenvalue weighted by Gasteiger charge is 2.37. The number of aliphatic hydroxyl groups is 1. The Kier molecular flexibility index (Phi) is 8.40. The Morgan fingerprint density at radius 2 is 2.32 bits per heavy atom. The van der Waals surface area contributed by atoms with Gasteiger partial charge < -0.3 is 24.6 Å². The molecule has 1 aromatic heterocycles. The van der Waals surface area contributed by atoms with Crippen molar-refractivity contribution in [2.45, 2.75) is 32.0 Å². The van der Waals surface area contributed by atoms with Crippen molar-refractivity contribution in [2.24, 2.45) is 5.92 Å². The van der Waals surface area contributed by atoms with Gasteiger partial charge in [0.1, 0.15) is 0 Å². The maximum Gasteiger partial charge on any atom is 0.286 e. The van der Waals surface area contributed by atoms with E-state index in [1.165, 1.54) is 0 Å². The van der Waals surface area contributed by atoms with Gasteiger partial charge in [-0.15, -0.1) is 0 Å². The molecule has 2 heterocycles. The minimum Gasteiger partial charge on any atom is -0.459 e. The molecule has 0 radical (unpaired) electrons. The van der Waals surface area contributed by atoms with Crippen LogP contribution in [0.2, 0.25) is 0 Å². The summed E-state index contributed by atoms with van der Waals surface area (Å²) in [7, 11) is 1.59. The number of methoxy groups -OCH3 is 1. The molecule has 1 aliphatic rings. The van der Waals surface area contributed by atoms with Crippen LogP contribution >= 0.6 is 11.3 Å². The lowest BCUT2D eigenvalue weighted by molar-refractivity contribution is -0.166. The summed E-state index contributed by atoms with van der Waals surface area (Å²) in [6.07, 6.45) is 2.80. The van der Waals surface area contributed by atoms with Crippen molar-refractivity contribution < 1.29 is 24.1 Å². The molecular formula is C18H27NO5S. The van der Waals surface area contributed by atoms with Crippen LogP contribution in [0.25, 0.3) is 0 Å². The second-order valence-electron chi connectivity index (χ2n) is 5.83. The predicted molar refractivity (Wildman–Crippen MR) is 96.3 cm³/mol.